The maximum atomic E-state index is 14.4. The lowest BCUT2D eigenvalue weighted by atomic mass is 10.0. The van der Waals surface area contributed by atoms with Crippen LogP contribution in [0.4, 0.5) is 9.52 Å². The number of amides is 1. The van der Waals surface area contributed by atoms with E-state index in [1.54, 1.807) is 19.0 Å². The van der Waals surface area contributed by atoms with Crippen LogP contribution in [-0.4, -0.2) is 53.9 Å². The first kappa shape index (κ1) is 12.2. The van der Waals surface area contributed by atoms with E-state index in [9.17, 15) is 9.18 Å². The molecule has 1 fully saturated rings. The zero-order chi connectivity index (χ0) is 12.6. The molecule has 2 heterocycles. The Morgan fingerprint density at radius 2 is 2.24 bits per heavy atom. The van der Waals surface area contributed by atoms with Crippen LogP contribution < -0.4 is 4.90 Å². The molecule has 1 saturated heterocycles. The van der Waals surface area contributed by atoms with E-state index in [0.717, 1.165) is 5.01 Å². The summed E-state index contributed by atoms with van der Waals surface area (Å²) in [6.45, 7) is 2.42. The van der Waals surface area contributed by atoms with Gasteiger partial charge in [0.05, 0.1) is 6.54 Å². The Balaban J connectivity index is 2.11. The number of carbonyl (C=O) groups is 1. The summed E-state index contributed by atoms with van der Waals surface area (Å²) >= 11 is 1.42. The Labute approximate surface area is 103 Å². The third-order valence-corrected chi connectivity index (χ3v) is 3.69. The van der Waals surface area contributed by atoms with Gasteiger partial charge in [-0.3, -0.25) is 4.79 Å². The maximum Gasteiger partial charge on any atom is 0.261 e. The fourth-order valence-electron chi connectivity index (χ4n) is 1.93. The van der Waals surface area contributed by atoms with E-state index in [1.165, 1.54) is 16.2 Å². The van der Waals surface area contributed by atoms with Crippen molar-refractivity contribution < 1.29 is 9.18 Å². The number of hydrogen-bond acceptors (Lipinski definition) is 5. The SMILES string of the molecule is Cc1nnc(N2CCC(F)(C(=O)N(C)C)C2)s1. The number of aromatic nitrogens is 2. The average Bonchev–Trinajstić information content (AvgIpc) is 2.84. The van der Waals surface area contributed by atoms with Crippen molar-refractivity contribution in [3.63, 3.8) is 0 Å². The van der Waals surface area contributed by atoms with Crippen molar-refractivity contribution in [1.29, 1.82) is 0 Å². The summed E-state index contributed by atoms with van der Waals surface area (Å²) < 4.78 is 14.4. The molecule has 1 atom stereocenters. The fraction of sp³-hybridized carbons (Fsp3) is 0.700. The molecule has 1 aromatic heterocycles. The summed E-state index contributed by atoms with van der Waals surface area (Å²) in [5.74, 6) is -0.471. The van der Waals surface area contributed by atoms with Crippen LogP contribution in [0.5, 0.6) is 0 Å². The summed E-state index contributed by atoms with van der Waals surface area (Å²) in [5.41, 5.74) is -1.79. The zero-order valence-corrected chi connectivity index (χ0v) is 10.9. The van der Waals surface area contributed by atoms with Crippen LogP contribution in [0.1, 0.15) is 11.4 Å². The molecule has 1 aliphatic heterocycles. The topological polar surface area (TPSA) is 49.3 Å². The van der Waals surface area contributed by atoms with Gasteiger partial charge >= 0.3 is 0 Å². The van der Waals surface area contributed by atoms with Crippen LogP contribution in [0.15, 0.2) is 0 Å². The molecule has 1 amide bonds. The molecule has 0 aromatic carbocycles. The van der Waals surface area contributed by atoms with E-state index >= 15 is 0 Å². The lowest BCUT2D eigenvalue weighted by Crippen LogP contribution is -2.44. The molecular formula is C10H15FN4OS. The number of carbonyl (C=O) groups excluding carboxylic acids is 1. The molecule has 94 valence electrons. The van der Waals surface area contributed by atoms with Gasteiger partial charge in [0.1, 0.15) is 5.01 Å². The largest absolute Gasteiger partial charge is 0.346 e. The Hall–Kier alpha value is -1.24. The minimum atomic E-state index is -1.79. The Bertz CT molecular complexity index is 436. The third-order valence-electron chi connectivity index (χ3n) is 2.79. The lowest BCUT2D eigenvalue weighted by molar-refractivity contribution is -0.139. The second kappa shape index (κ2) is 4.21. The first-order chi connectivity index (χ1) is 7.92. The molecule has 2 rings (SSSR count). The van der Waals surface area contributed by atoms with Crippen LogP contribution in [0.2, 0.25) is 0 Å². The van der Waals surface area contributed by atoms with Crippen LogP contribution in [0.25, 0.3) is 0 Å². The lowest BCUT2D eigenvalue weighted by Gasteiger charge is -2.22. The van der Waals surface area contributed by atoms with E-state index in [-0.39, 0.29) is 13.0 Å². The highest BCUT2D eigenvalue weighted by Crippen LogP contribution is 2.32. The highest BCUT2D eigenvalue weighted by molar-refractivity contribution is 7.15. The number of nitrogens with zero attached hydrogens (tertiary/aromatic N) is 4. The van der Waals surface area contributed by atoms with E-state index < -0.39 is 11.6 Å². The molecule has 0 aliphatic carbocycles. The minimum absolute atomic E-state index is 0.0681. The van der Waals surface area contributed by atoms with Gasteiger partial charge in [0.15, 0.2) is 0 Å². The molecule has 0 radical (unpaired) electrons. The highest BCUT2D eigenvalue weighted by Gasteiger charge is 2.46. The van der Waals surface area contributed by atoms with Crippen molar-refractivity contribution in [2.45, 2.75) is 19.0 Å². The van der Waals surface area contributed by atoms with Gasteiger partial charge in [-0.2, -0.15) is 0 Å². The number of hydrogen-bond donors (Lipinski definition) is 0. The van der Waals surface area contributed by atoms with Crippen molar-refractivity contribution in [2.24, 2.45) is 0 Å². The van der Waals surface area contributed by atoms with Crippen molar-refractivity contribution in [3.05, 3.63) is 5.01 Å². The molecule has 5 nitrogen and oxygen atoms in total. The van der Waals surface area contributed by atoms with Gasteiger partial charge in [-0.25, -0.2) is 4.39 Å². The summed E-state index contributed by atoms with van der Waals surface area (Å²) in [7, 11) is 3.14. The number of rotatable bonds is 2. The third kappa shape index (κ3) is 2.24. The molecule has 0 N–H and O–H groups in total. The van der Waals surface area contributed by atoms with Crippen molar-refractivity contribution in [3.8, 4) is 0 Å². The summed E-state index contributed by atoms with van der Waals surface area (Å²) in [6.07, 6.45) is 0.211. The molecule has 7 heteroatoms. The second-order valence-corrected chi connectivity index (χ2v) is 5.60. The van der Waals surface area contributed by atoms with Gasteiger partial charge in [-0.1, -0.05) is 11.3 Å². The van der Waals surface area contributed by atoms with Gasteiger partial charge in [-0.15, -0.1) is 10.2 Å². The number of alkyl halides is 1. The van der Waals surface area contributed by atoms with E-state index in [0.29, 0.717) is 11.7 Å². The first-order valence-electron chi connectivity index (χ1n) is 5.38. The second-order valence-electron chi connectivity index (χ2n) is 4.44. The normalized spacial score (nSPS) is 24.1. The summed E-state index contributed by atoms with van der Waals surface area (Å²) in [5, 5.41) is 9.40. The fourth-order valence-corrected chi connectivity index (χ4v) is 2.64. The summed E-state index contributed by atoms with van der Waals surface area (Å²) in [6, 6.07) is 0. The molecule has 0 saturated carbocycles. The van der Waals surface area contributed by atoms with E-state index in [1.807, 2.05) is 6.92 Å². The van der Waals surface area contributed by atoms with Crippen molar-refractivity contribution in [1.82, 2.24) is 15.1 Å². The zero-order valence-electron chi connectivity index (χ0n) is 10.1. The Morgan fingerprint density at radius 3 is 2.76 bits per heavy atom. The number of aryl methyl sites for hydroxylation is 1. The van der Waals surface area contributed by atoms with E-state index in [2.05, 4.69) is 10.2 Å². The van der Waals surface area contributed by atoms with Crippen LogP contribution in [0, 0.1) is 6.92 Å². The predicted molar refractivity (Wildman–Crippen MR) is 64.0 cm³/mol. The van der Waals surface area contributed by atoms with Gasteiger partial charge < -0.3 is 9.80 Å². The number of anilines is 1. The van der Waals surface area contributed by atoms with Crippen LogP contribution >= 0.6 is 11.3 Å². The van der Waals surface area contributed by atoms with Crippen LogP contribution in [0.3, 0.4) is 0 Å². The molecule has 0 spiro atoms. The van der Waals surface area contributed by atoms with E-state index in [4.69, 9.17) is 0 Å². The van der Waals surface area contributed by atoms with Crippen LogP contribution in [-0.2, 0) is 4.79 Å². The van der Waals surface area contributed by atoms with Crippen molar-refractivity contribution in [2.75, 3.05) is 32.1 Å². The molecule has 0 bridgehead atoms. The van der Waals surface area contributed by atoms with Gasteiger partial charge in [0.25, 0.3) is 5.91 Å². The molecule has 1 aromatic rings. The van der Waals surface area contributed by atoms with Gasteiger partial charge in [-0.05, 0) is 6.92 Å². The average molecular weight is 258 g/mol. The molecule has 1 aliphatic rings. The Kier molecular flexibility index (Phi) is 3.03. The maximum absolute atomic E-state index is 14.4. The molecular weight excluding hydrogens is 243 g/mol. The standard InChI is InChI=1S/C10H15FN4OS/c1-7-12-13-9(17-7)15-5-4-10(11,6-15)8(16)14(2)3/h4-6H2,1-3H3. The first-order valence-corrected chi connectivity index (χ1v) is 6.20. The number of halogens is 1. The highest BCUT2D eigenvalue weighted by atomic mass is 32.1. The van der Waals surface area contributed by atoms with Crippen molar-refractivity contribution >= 4 is 22.4 Å². The predicted octanol–water partition coefficient (Wildman–Crippen LogP) is 0.853. The van der Waals surface area contributed by atoms with Gasteiger partial charge in [0.2, 0.25) is 10.8 Å². The summed E-state index contributed by atoms with van der Waals surface area (Å²) in [4.78, 5) is 14.8. The van der Waals surface area contributed by atoms with Gasteiger partial charge in [0, 0.05) is 27.1 Å². The Morgan fingerprint density at radius 1 is 1.53 bits per heavy atom. The monoisotopic (exact) mass is 258 g/mol. The molecule has 1 unspecified atom stereocenters. The smallest absolute Gasteiger partial charge is 0.261 e. The molecule has 17 heavy (non-hydrogen) atoms. The quantitative estimate of drug-likeness (QED) is 0.789. The minimum Gasteiger partial charge on any atom is -0.346 e.